The second-order valence-corrected chi connectivity index (χ2v) is 5.09. The van der Waals surface area contributed by atoms with Crippen molar-refractivity contribution in [3.63, 3.8) is 0 Å². The quantitative estimate of drug-likeness (QED) is 0.776. The van der Waals surface area contributed by atoms with E-state index in [0.29, 0.717) is 34.0 Å². The minimum atomic E-state index is -0.471. The van der Waals surface area contributed by atoms with E-state index in [9.17, 15) is 4.39 Å². The Balaban J connectivity index is 2.08. The minimum absolute atomic E-state index is 0.0422. The second-order valence-electron chi connectivity index (χ2n) is 4.68. The molecule has 0 amide bonds. The van der Waals surface area contributed by atoms with Gasteiger partial charge in [0.05, 0.1) is 30.4 Å². The van der Waals surface area contributed by atoms with Gasteiger partial charge in [-0.1, -0.05) is 11.6 Å². The maximum absolute atomic E-state index is 13.3. The first-order valence-corrected chi connectivity index (χ1v) is 7.10. The number of rotatable bonds is 4. The van der Waals surface area contributed by atoms with Gasteiger partial charge in [-0.25, -0.2) is 9.37 Å². The van der Waals surface area contributed by atoms with Crippen LogP contribution in [0.5, 0.6) is 11.6 Å². The molecule has 0 aliphatic carbocycles. The Bertz CT molecular complexity index is 873. The van der Waals surface area contributed by atoms with E-state index in [0.717, 1.165) is 0 Å². The highest BCUT2D eigenvalue weighted by atomic mass is 35.5. The lowest BCUT2D eigenvalue weighted by molar-refractivity contribution is 0.344. The maximum atomic E-state index is 13.3. The number of ether oxygens (including phenoxy) is 2. The summed E-state index contributed by atoms with van der Waals surface area (Å²) in [6, 6.07) is 7.89. The van der Waals surface area contributed by atoms with Crippen LogP contribution in [0.2, 0.25) is 5.02 Å². The van der Waals surface area contributed by atoms with Crippen molar-refractivity contribution in [1.82, 2.24) is 9.97 Å². The molecule has 0 saturated heterocycles. The van der Waals surface area contributed by atoms with Crippen LogP contribution in [0.3, 0.4) is 0 Å². The third-order valence-corrected chi connectivity index (χ3v) is 3.55. The minimum Gasteiger partial charge on any atom is -0.491 e. The molecule has 23 heavy (non-hydrogen) atoms. The van der Waals surface area contributed by atoms with Crippen molar-refractivity contribution in [1.29, 1.82) is 0 Å². The number of methoxy groups -OCH3 is 2. The van der Waals surface area contributed by atoms with Crippen LogP contribution in [-0.4, -0.2) is 24.2 Å². The fraction of sp³-hybridized carbons (Fsp3) is 0.125. The molecular weight excluding hydrogens is 321 g/mol. The van der Waals surface area contributed by atoms with Crippen LogP contribution in [0, 0.1) is 5.82 Å². The summed E-state index contributed by atoms with van der Waals surface area (Å²) in [5.74, 6) is 0.379. The Morgan fingerprint density at radius 2 is 1.96 bits per heavy atom. The van der Waals surface area contributed by atoms with Crippen molar-refractivity contribution in [3.05, 3.63) is 47.4 Å². The van der Waals surface area contributed by atoms with Crippen molar-refractivity contribution in [2.45, 2.75) is 0 Å². The van der Waals surface area contributed by atoms with Crippen LogP contribution < -0.4 is 14.8 Å². The highest BCUT2D eigenvalue weighted by Crippen LogP contribution is 2.32. The zero-order valence-corrected chi connectivity index (χ0v) is 13.2. The first kappa shape index (κ1) is 15.3. The summed E-state index contributed by atoms with van der Waals surface area (Å²) in [7, 11) is 3.05. The molecule has 0 aliphatic heterocycles. The molecule has 7 heteroatoms. The van der Waals surface area contributed by atoms with Gasteiger partial charge in [-0.2, -0.15) is 0 Å². The van der Waals surface area contributed by atoms with Gasteiger partial charge in [-0.05, 0) is 24.3 Å². The Kier molecular flexibility index (Phi) is 4.16. The molecule has 0 bridgehead atoms. The fourth-order valence-corrected chi connectivity index (χ4v) is 2.34. The molecule has 3 rings (SSSR count). The van der Waals surface area contributed by atoms with E-state index in [1.807, 2.05) is 0 Å². The molecule has 0 radical (unpaired) electrons. The molecule has 1 aromatic carbocycles. The third kappa shape index (κ3) is 2.98. The lowest BCUT2D eigenvalue weighted by Crippen LogP contribution is -1.98. The highest BCUT2D eigenvalue weighted by Gasteiger charge is 2.12. The van der Waals surface area contributed by atoms with E-state index in [2.05, 4.69) is 15.3 Å². The van der Waals surface area contributed by atoms with Crippen LogP contribution in [0.15, 0.2) is 36.5 Å². The van der Waals surface area contributed by atoms with E-state index < -0.39 is 5.82 Å². The number of nitrogens with one attached hydrogen (secondary N) is 1. The molecule has 0 aliphatic rings. The van der Waals surface area contributed by atoms with Gasteiger partial charge in [-0.15, -0.1) is 0 Å². The number of hydrogen-bond acceptors (Lipinski definition) is 5. The van der Waals surface area contributed by atoms with Crippen molar-refractivity contribution in [2.75, 3.05) is 19.5 Å². The number of aromatic nitrogens is 2. The number of pyridine rings is 2. The Hall–Kier alpha value is -2.60. The number of nitrogens with zero attached hydrogens (tertiary/aromatic N) is 2. The molecule has 1 N–H and O–H groups in total. The Morgan fingerprint density at radius 1 is 1.13 bits per heavy atom. The molecule has 0 saturated carbocycles. The zero-order chi connectivity index (χ0) is 16.4. The standard InChI is InChI=1S/C16H13ClFN3O2/c1-22-14-8-13-15(21-16(14)23-2)12(5-6-19-13)20-9-3-4-11(18)10(17)7-9/h3-8H,1-2H3,(H,19,20). The average molecular weight is 334 g/mol. The smallest absolute Gasteiger partial charge is 0.257 e. The normalized spacial score (nSPS) is 10.6. The van der Waals surface area contributed by atoms with E-state index >= 15 is 0 Å². The monoisotopic (exact) mass is 333 g/mol. The van der Waals surface area contributed by atoms with Crippen molar-refractivity contribution in [3.8, 4) is 11.6 Å². The molecule has 0 unspecified atom stereocenters. The summed E-state index contributed by atoms with van der Waals surface area (Å²) in [5, 5.41) is 3.20. The van der Waals surface area contributed by atoms with Crippen LogP contribution in [0.1, 0.15) is 0 Å². The summed E-state index contributed by atoms with van der Waals surface area (Å²) in [6.07, 6.45) is 1.64. The zero-order valence-electron chi connectivity index (χ0n) is 12.4. The number of halogens is 2. The molecule has 118 valence electrons. The lowest BCUT2D eigenvalue weighted by Gasteiger charge is -2.12. The van der Waals surface area contributed by atoms with E-state index in [-0.39, 0.29) is 5.02 Å². The third-order valence-electron chi connectivity index (χ3n) is 3.26. The molecule has 5 nitrogen and oxygen atoms in total. The summed E-state index contributed by atoms with van der Waals surface area (Å²) < 4.78 is 23.7. The van der Waals surface area contributed by atoms with Crippen LogP contribution >= 0.6 is 11.6 Å². The highest BCUT2D eigenvalue weighted by molar-refractivity contribution is 6.31. The Morgan fingerprint density at radius 3 is 2.65 bits per heavy atom. The molecule has 2 aromatic heterocycles. The maximum Gasteiger partial charge on any atom is 0.257 e. The van der Waals surface area contributed by atoms with Gasteiger partial charge < -0.3 is 14.8 Å². The van der Waals surface area contributed by atoms with Crippen molar-refractivity contribution in [2.24, 2.45) is 0 Å². The van der Waals surface area contributed by atoms with E-state index in [4.69, 9.17) is 21.1 Å². The van der Waals surface area contributed by atoms with E-state index in [1.54, 1.807) is 24.4 Å². The van der Waals surface area contributed by atoms with Crippen LogP contribution in [0.25, 0.3) is 11.0 Å². The van der Waals surface area contributed by atoms with Crippen molar-refractivity contribution < 1.29 is 13.9 Å². The molecule has 0 spiro atoms. The summed E-state index contributed by atoms with van der Waals surface area (Å²) in [6.45, 7) is 0. The van der Waals surface area contributed by atoms with Crippen LogP contribution in [0.4, 0.5) is 15.8 Å². The summed E-state index contributed by atoms with van der Waals surface area (Å²) in [5.41, 5.74) is 2.57. The molecule has 0 atom stereocenters. The van der Waals surface area contributed by atoms with Crippen molar-refractivity contribution >= 4 is 34.0 Å². The predicted molar refractivity (Wildman–Crippen MR) is 87.3 cm³/mol. The van der Waals surface area contributed by atoms with Gasteiger partial charge in [0.15, 0.2) is 5.75 Å². The molecule has 2 heterocycles. The SMILES string of the molecule is COc1cc2nccc(Nc3ccc(F)c(Cl)c3)c2nc1OC. The number of hydrogen-bond donors (Lipinski definition) is 1. The van der Waals surface area contributed by atoms with Gasteiger partial charge >= 0.3 is 0 Å². The molecule has 0 fully saturated rings. The largest absolute Gasteiger partial charge is 0.491 e. The van der Waals surface area contributed by atoms with Gasteiger partial charge in [-0.3, -0.25) is 4.98 Å². The van der Waals surface area contributed by atoms with Gasteiger partial charge in [0, 0.05) is 18.0 Å². The number of anilines is 2. The topological polar surface area (TPSA) is 56.3 Å². The first-order chi connectivity index (χ1) is 11.1. The molecule has 3 aromatic rings. The Labute approximate surface area is 137 Å². The fourth-order valence-electron chi connectivity index (χ4n) is 2.16. The summed E-state index contributed by atoms with van der Waals surface area (Å²) >= 11 is 5.81. The van der Waals surface area contributed by atoms with Gasteiger partial charge in [0.2, 0.25) is 0 Å². The second kappa shape index (κ2) is 6.26. The first-order valence-electron chi connectivity index (χ1n) is 6.72. The average Bonchev–Trinajstić information content (AvgIpc) is 2.57. The lowest BCUT2D eigenvalue weighted by atomic mass is 10.2. The van der Waals surface area contributed by atoms with Crippen LogP contribution in [-0.2, 0) is 0 Å². The number of benzene rings is 1. The molecular formula is C16H13ClFN3O2. The van der Waals surface area contributed by atoms with Gasteiger partial charge in [0.1, 0.15) is 11.3 Å². The van der Waals surface area contributed by atoms with Gasteiger partial charge in [0.25, 0.3) is 5.88 Å². The summed E-state index contributed by atoms with van der Waals surface area (Å²) in [4.78, 5) is 8.70. The predicted octanol–water partition coefficient (Wildman–Crippen LogP) is 4.18. The van der Waals surface area contributed by atoms with E-state index in [1.165, 1.54) is 26.4 Å². The number of fused-ring (bicyclic) bond motifs is 1.